The van der Waals surface area contributed by atoms with Crippen LogP contribution in [0.25, 0.3) is 0 Å². The Bertz CT molecular complexity index is 505. The fourth-order valence-electron chi connectivity index (χ4n) is 2.12. The lowest BCUT2D eigenvalue weighted by molar-refractivity contribution is 0.391. The Morgan fingerprint density at radius 2 is 1.89 bits per heavy atom. The van der Waals surface area contributed by atoms with Crippen LogP contribution in [0.5, 0.6) is 0 Å². The van der Waals surface area contributed by atoms with Gasteiger partial charge in [0.1, 0.15) is 5.15 Å². The number of halogens is 1. The molecule has 102 valence electrons. The van der Waals surface area contributed by atoms with Crippen molar-refractivity contribution in [1.29, 1.82) is 0 Å². The van der Waals surface area contributed by atoms with Crippen LogP contribution in [0.3, 0.4) is 0 Å². The number of H-pyrrole nitrogens is 1. The van der Waals surface area contributed by atoms with Crippen molar-refractivity contribution in [1.82, 2.24) is 9.55 Å². The largest absolute Gasteiger partial charge is 0.329 e. The van der Waals surface area contributed by atoms with Crippen molar-refractivity contribution < 1.29 is 0 Å². The van der Waals surface area contributed by atoms with Crippen molar-refractivity contribution in [2.24, 2.45) is 0 Å². The van der Waals surface area contributed by atoms with Crippen LogP contribution in [0.4, 0.5) is 0 Å². The zero-order chi connectivity index (χ0) is 13.7. The van der Waals surface area contributed by atoms with E-state index in [9.17, 15) is 9.59 Å². The molecule has 5 heteroatoms. The standard InChI is InChI=1S/C13H21ClN2O2/c1-4-6-8-10(7-5-2)16-12(17)9(3)11(14)15-13(16)18/h10H,4-8H2,1-3H3,(H,15,18). The Morgan fingerprint density at radius 3 is 2.44 bits per heavy atom. The summed E-state index contributed by atoms with van der Waals surface area (Å²) in [7, 11) is 0. The molecular weight excluding hydrogens is 252 g/mol. The minimum absolute atomic E-state index is 0.0258. The summed E-state index contributed by atoms with van der Waals surface area (Å²) in [5.41, 5.74) is -0.252. The highest BCUT2D eigenvalue weighted by atomic mass is 35.5. The van der Waals surface area contributed by atoms with Crippen LogP contribution in [0.15, 0.2) is 9.59 Å². The van der Waals surface area contributed by atoms with E-state index in [4.69, 9.17) is 11.6 Å². The Balaban J connectivity index is 3.23. The molecule has 0 amide bonds. The monoisotopic (exact) mass is 272 g/mol. The molecule has 0 saturated carbocycles. The summed E-state index contributed by atoms with van der Waals surface area (Å²) < 4.78 is 1.33. The molecule has 1 N–H and O–H groups in total. The lowest BCUT2D eigenvalue weighted by atomic mass is 10.0. The Labute approximate surface area is 112 Å². The molecule has 0 spiro atoms. The maximum absolute atomic E-state index is 12.1. The second-order valence-electron chi connectivity index (χ2n) is 4.63. The normalized spacial score (nSPS) is 12.7. The topological polar surface area (TPSA) is 54.9 Å². The summed E-state index contributed by atoms with van der Waals surface area (Å²) >= 11 is 5.81. The fraction of sp³-hybridized carbons (Fsp3) is 0.692. The third-order valence-electron chi connectivity index (χ3n) is 3.18. The zero-order valence-electron chi connectivity index (χ0n) is 11.3. The van der Waals surface area contributed by atoms with E-state index >= 15 is 0 Å². The number of rotatable bonds is 6. The molecule has 0 fully saturated rings. The first-order chi connectivity index (χ1) is 8.52. The highest BCUT2D eigenvalue weighted by molar-refractivity contribution is 6.30. The van der Waals surface area contributed by atoms with Crippen LogP contribution >= 0.6 is 11.6 Å². The van der Waals surface area contributed by atoms with Gasteiger partial charge in [0.25, 0.3) is 5.56 Å². The molecule has 0 aliphatic heterocycles. The number of aromatic amines is 1. The summed E-state index contributed by atoms with van der Waals surface area (Å²) in [4.78, 5) is 26.6. The van der Waals surface area contributed by atoms with Crippen LogP contribution in [0, 0.1) is 6.92 Å². The van der Waals surface area contributed by atoms with Crippen molar-refractivity contribution in [2.75, 3.05) is 0 Å². The van der Waals surface area contributed by atoms with E-state index in [2.05, 4.69) is 18.8 Å². The fourth-order valence-corrected chi connectivity index (χ4v) is 2.28. The number of unbranched alkanes of at least 4 members (excludes halogenated alkanes) is 1. The van der Waals surface area contributed by atoms with Crippen molar-refractivity contribution >= 4 is 11.6 Å². The molecule has 0 bridgehead atoms. The summed E-state index contributed by atoms with van der Waals surface area (Å²) in [6, 6.07) is -0.0258. The number of nitrogens with one attached hydrogen (secondary N) is 1. The number of aromatic nitrogens is 2. The molecule has 4 nitrogen and oxygen atoms in total. The molecule has 1 unspecified atom stereocenters. The SMILES string of the molecule is CCCCC(CCC)n1c(=O)[nH]c(Cl)c(C)c1=O. The van der Waals surface area contributed by atoms with Gasteiger partial charge in [0.2, 0.25) is 0 Å². The van der Waals surface area contributed by atoms with Crippen LogP contribution in [0.1, 0.15) is 57.6 Å². The van der Waals surface area contributed by atoms with Gasteiger partial charge in [-0.25, -0.2) is 4.79 Å². The van der Waals surface area contributed by atoms with Gasteiger partial charge >= 0.3 is 5.69 Å². The molecule has 1 aromatic heterocycles. The first-order valence-electron chi connectivity index (χ1n) is 6.53. The van der Waals surface area contributed by atoms with Crippen molar-refractivity contribution in [2.45, 2.75) is 58.9 Å². The van der Waals surface area contributed by atoms with E-state index in [1.165, 1.54) is 4.57 Å². The van der Waals surface area contributed by atoms with E-state index in [-0.39, 0.29) is 16.8 Å². The number of hydrogen-bond acceptors (Lipinski definition) is 2. The van der Waals surface area contributed by atoms with Gasteiger partial charge in [-0.05, 0) is 19.8 Å². The quantitative estimate of drug-likeness (QED) is 0.810. The summed E-state index contributed by atoms with van der Waals surface area (Å²) in [5, 5.41) is 0.145. The predicted molar refractivity (Wildman–Crippen MR) is 74.5 cm³/mol. The van der Waals surface area contributed by atoms with Gasteiger partial charge in [-0.1, -0.05) is 44.7 Å². The van der Waals surface area contributed by atoms with Crippen LogP contribution < -0.4 is 11.2 Å². The minimum atomic E-state index is -0.398. The van der Waals surface area contributed by atoms with E-state index in [1.54, 1.807) is 6.92 Å². The molecule has 1 heterocycles. The molecule has 0 aliphatic rings. The first-order valence-corrected chi connectivity index (χ1v) is 6.91. The molecule has 0 saturated heterocycles. The molecule has 1 aromatic rings. The molecule has 18 heavy (non-hydrogen) atoms. The Hall–Kier alpha value is -1.03. The second kappa shape index (κ2) is 6.78. The zero-order valence-corrected chi connectivity index (χ0v) is 12.0. The average Bonchev–Trinajstić information content (AvgIpc) is 2.33. The third kappa shape index (κ3) is 3.25. The number of hydrogen-bond donors (Lipinski definition) is 1. The molecule has 0 radical (unpaired) electrons. The van der Waals surface area contributed by atoms with Crippen LogP contribution in [-0.4, -0.2) is 9.55 Å². The van der Waals surface area contributed by atoms with Crippen molar-refractivity contribution in [3.05, 3.63) is 31.6 Å². The van der Waals surface area contributed by atoms with Crippen molar-refractivity contribution in [3.8, 4) is 0 Å². The van der Waals surface area contributed by atoms with Gasteiger partial charge in [0, 0.05) is 11.6 Å². The molecule has 1 rings (SSSR count). The molecule has 0 aliphatic carbocycles. The van der Waals surface area contributed by atoms with E-state index < -0.39 is 5.69 Å². The summed E-state index contributed by atoms with van der Waals surface area (Å²) in [6.45, 7) is 5.80. The van der Waals surface area contributed by atoms with Crippen molar-refractivity contribution in [3.63, 3.8) is 0 Å². The number of nitrogens with zero attached hydrogens (tertiary/aromatic N) is 1. The summed E-state index contributed by atoms with van der Waals surface area (Å²) in [6.07, 6.45) is 4.71. The van der Waals surface area contributed by atoms with Gasteiger partial charge in [-0.2, -0.15) is 0 Å². The average molecular weight is 273 g/mol. The van der Waals surface area contributed by atoms with Gasteiger partial charge in [0.15, 0.2) is 0 Å². The highest BCUT2D eigenvalue weighted by Crippen LogP contribution is 2.18. The smallest absolute Gasteiger partial charge is 0.297 e. The van der Waals surface area contributed by atoms with E-state index in [0.29, 0.717) is 5.56 Å². The molecular formula is C13H21ClN2O2. The lowest BCUT2D eigenvalue weighted by Crippen LogP contribution is -2.39. The van der Waals surface area contributed by atoms with Gasteiger partial charge in [-0.3, -0.25) is 14.3 Å². The highest BCUT2D eigenvalue weighted by Gasteiger charge is 2.17. The minimum Gasteiger partial charge on any atom is -0.297 e. The molecule has 0 aromatic carbocycles. The Morgan fingerprint density at radius 1 is 1.22 bits per heavy atom. The van der Waals surface area contributed by atoms with Crippen LogP contribution in [-0.2, 0) is 0 Å². The summed E-state index contributed by atoms with van der Waals surface area (Å²) in [5.74, 6) is 0. The Kier molecular flexibility index (Phi) is 5.66. The van der Waals surface area contributed by atoms with E-state index in [1.807, 2.05) is 0 Å². The van der Waals surface area contributed by atoms with Gasteiger partial charge < -0.3 is 0 Å². The first kappa shape index (κ1) is 15.0. The third-order valence-corrected chi connectivity index (χ3v) is 3.56. The lowest BCUT2D eigenvalue weighted by Gasteiger charge is -2.18. The van der Waals surface area contributed by atoms with Gasteiger partial charge in [0.05, 0.1) is 0 Å². The van der Waals surface area contributed by atoms with E-state index in [0.717, 1.165) is 32.1 Å². The second-order valence-corrected chi connectivity index (χ2v) is 5.01. The van der Waals surface area contributed by atoms with Gasteiger partial charge in [-0.15, -0.1) is 0 Å². The maximum Gasteiger partial charge on any atom is 0.329 e. The van der Waals surface area contributed by atoms with Crippen LogP contribution in [0.2, 0.25) is 5.15 Å². The molecule has 1 atom stereocenters. The maximum atomic E-state index is 12.1. The predicted octanol–water partition coefficient (Wildman–Crippen LogP) is 3.03.